The number of methoxy groups -OCH3 is 2. The first-order chi connectivity index (χ1) is 36.3. The summed E-state index contributed by atoms with van der Waals surface area (Å²) in [5.41, 5.74) is 4.73. The van der Waals surface area contributed by atoms with E-state index in [-0.39, 0.29) is 11.0 Å². The summed E-state index contributed by atoms with van der Waals surface area (Å²) >= 11 is 5.63. The third-order valence-corrected chi connectivity index (χ3v) is 10.9. The minimum atomic E-state index is -2.81. The SMILES string of the molecule is C#COc1cccc(Cl)c1.C#Cc1ccc(OC)cc1.C#Cc1ccccc1OC.CC(F)(F)c1ccc(Oc2ccccc2)cc1.Cc1ccccc1.N#CC1(c2ccccc2)CCCC1.N#Cc1ccccc1. The molecule has 0 heterocycles. The molecule has 0 aliphatic heterocycles. The maximum Gasteiger partial charge on any atom is 0.270 e. The van der Waals surface area contributed by atoms with Crippen molar-refractivity contribution in [2.24, 2.45) is 0 Å². The third kappa shape index (κ3) is 23.2. The molecule has 1 aliphatic rings. The Kier molecular flexibility index (Phi) is 27.4. The van der Waals surface area contributed by atoms with Gasteiger partial charge in [0.15, 0.2) is 0 Å². The van der Waals surface area contributed by atoms with Crippen LogP contribution in [0.4, 0.5) is 8.78 Å². The fraction of sp³-hybridized carbons (Fsp3) is 0.152. The van der Waals surface area contributed by atoms with Gasteiger partial charge in [-0.15, -0.1) is 12.8 Å². The molecule has 0 amide bonds. The van der Waals surface area contributed by atoms with Gasteiger partial charge in [0.25, 0.3) is 5.92 Å². The number of halogens is 3. The van der Waals surface area contributed by atoms with Crippen LogP contribution >= 0.6 is 11.6 Å². The van der Waals surface area contributed by atoms with Gasteiger partial charge in [-0.05, 0) is 122 Å². The van der Waals surface area contributed by atoms with Crippen molar-refractivity contribution < 1.29 is 27.7 Å². The van der Waals surface area contributed by atoms with E-state index in [2.05, 4.69) is 55.2 Å². The van der Waals surface area contributed by atoms with Crippen LogP contribution in [0.2, 0.25) is 5.02 Å². The molecule has 1 saturated carbocycles. The topological polar surface area (TPSA) is 84.5 Å². The lowest BCUT2D eigenvalue weighted by Gasteiger charge is -2.20. The lowest BCUT2D eigenvalue weighted by molar-refractivity contribution is 0.0174. The van der Waals surface area contributed by atoms with Gasteiger partial charge < -0.3 is 18.9 Å². The molecular weight excluding hydrogens is 958 g/mol. The van der Waals surface area contributed by atoms with E-state index in [0.717, 1.165) is 42.4 Å². The van der Waals surface area contributed by atoms with Crippen LogP contribution in [0.5, 0.6) is 28.7 Å². The van der Waals surface area contributed by atoms with Crippen LogP contribution in [0, 0.1) is 66.8 Å². The van der Waals surface area contributed by atoms with E-state index in [1.807, 2.05) is 140 Å². The molecule has 0 N–H and O–H groups in total. The van der Waals surface area contributed by atoms with E-state index in [0.29, 0.717) is 27.8 Å². The molecule has 1 fully saturated rings. The molecule has 0 atom stereocenters. The molecule has 75 heavy (non-hydrogen) atoms. The summed E-state index contributed by atoms with van der Waals surface area (Å²) in [5, 5.41) is 18.1. The largest absolute Gasteiger partial charge is 0.497 e. The van der Waals surface area contributed by atoms with Gasteiger partial charge in [-0.1, -0.05) is 164 Å². The fourth-order valence-corrected chi connectivity index (χ4v) is 6.92. The molecule has 0 spiro atoms. The first-order valence-electron chi connectivity index (χ1n) is 23.6. The molecule has 378 valence electrons. The average molecular weight is 1020 g/mol. The molecule has 8 aromatic carbocycles. The van der Waals surface area contributed by atoms with Gasteiger partial charge in [0.05, 0.1) is 42.9 Å². The molecule has 0 saturated heterocycles. The highest BCUT2D eigenvalue weighted by atomic mass is 35.5. The lowest BCUT2D eigenvalue weighted by Crippen LogP contribution is -2.18. The number of nitrogens with zero attached hydrogens (tertiary/aromatic N) is 2. The molecular formula is C66H59ClF2N2O4. The van der Waals surface area contributed by atoms with Crippen molar-refractivity contribution in [2.45, 2.75) is 50.9 Å². The number of hydrogen-bond acceptors (Lipinski definition) is 6. The number of ether oxygens (including phenoxy) is 4. The van der Waals surface area contributed by atoms with E-state index in [4.69, 9.17) is 55.1 Å². The van der Waals surface area contributed by atoms with Crippen LogP contribution in [0.3, 0.4) is 0 Å². The summed E-state index contributed by atoms with van der Waals surface area (Å²) in [6, 6.07) is 70.9. The predicted octanol–water partition coefficient (Wildman–Crippen LogP) is 16.8. The van der Waals surface area contributed by atoms with Crippen molar-refractivity contribution in [1.29, 1.82) is 10.5 Å². The lowest BCUT2D eigenvalue weighted by atomic mass is 9.80. The summed E-state index contributed by atoms with van der Waals surface area (Å²) in [4.78, 5) is 0. The Balaban J connectivity index is 0.000000235. The highest BCUT2D eigenvalue weighted by molar-refractivity contribution is 6.30. The highest BCUT2D eigenvalue weighted by Gasteiger charge is 2.35. The minimum Gasteiger partial charge on any atom is -0.497 e. The standard InChI is InChI=1S/C14H12F2O.C12H13N.2C9H8O.C8H5ClO.C7H5N.C7H8/c1-14(15,16)11-7-9-13(10-8-11)17-12-5-3-2-4-6-12;13-10-12(8-4-5-9-12)11-6-2-1-3-7-11;1-3-8-4-6-9(10-2)7-5-8;1-3-8-6-4-5-7-9(8)10-2;1-2-10-8-5-3-4-7(9)6-8;8-6-7-4-2-1-3-5-7;1-7-5-3-2-4-6-7/h2-10H,1H3;1-3,6-7H,4-5,8-9H2;2*1,4-7H,2H3;1,3-6H;1-5H;2-6H,1H3. The summed E-state index contributed by atoms with van der Waals surface area (Å²) in [7, 11) is 3.24. The Morgan fingerprint density at radius 3 is 1.49 bits per heavy atom. The number of nitriles is 2. The maximum absolute atomic E-state index is 13.0. The van der Waals surface area contributed by atoms with E-state index in [1.165, 1.54) is 36.1 Å². The van der Waals surface area contributed by atoms with E-state index in [1.54, 1.807) is 62.8 Å². The van der Waals surface area contributed by atoms with Crippen molar-refractivity contribution >= 4 is 11.6 Å². The number of aryl methyl sites for hydroxylation is 1. The molecule has 0 unspecified atom stereocenters. The monoisotopic (exact) mass is 1020 g/mol. The van der Waals surface area contributed by atoms with Gasteiger partial charge in [-0.3, -0.25) is 0 Å². The maximum atomic E-state index is 13.0. The van der Waals surface area contributed by atoms with Gasteiger partial charge in [0, 0.05) is 29.1 Å². The Labute approximate surface area is 447 Å². The quantitative estimate of drug-likeness (QED) is 0.148. The molecule has 6 nitrogen and oxygen atoms in total. The smallest absolute Gasteiger partial charge is 0.270 e. The molecule has 0 radical (unpaired) electrons. The van der Waals surface area contributed by atoms with Gasteiger partial charge in [-0.2, -0.15) is 10.5 Å². The Morgan fingerprint density at radius 2 is 1.05 bits per heavy atom. The summed E-state index contributed by atoms with van der Waals surface area (Å²) in [6.07, 6.45) is 21.8. The highest BCUT2D eigenvalue weighted by Crippen LogP contribution is 2.40. The van der Waals surface area contributed by atoms with Crippen molar-refractivity contribution in [2.75, 3.05) is 14.2 Å². The normalized spacial score (nSPS) is 11.0. The van der Waals surface area contributed by atoms with E-state index < -0.39 is 5.92 Å². The van der Waals surface area contributed by atoms with E-state index in [9.17, 15) is 14.0 Å². The average Bonchev–Trinajstić information content (AvgIpc) is 3.96. The molecule has 9 rings (SSSR count). The summed E-state index contributed by atoms with van der Waals surface area (Å²) < 4.78 is 46.1. The van der Waals surface area contributed by atoms with Crippen LogP contribution in [0.15, 0.2) is 218 Å². The minimum absolute atomic E-state index is 0.0158. The first-order valence-corrected chi connectivity index (χ1v) is 23.9. The Morgan fingerprint density at radius 1 is 0.547 bits per heavy atom. The second-order valence-electron chi connectivity index (χ2n) is 16.1. The van der Waals surface area contributed by atoms with E-state index >= 15 is 0 Å². The van der Waals surface area contributed by atoms with Crippen molar-refractivity contribution in [1.82, 2.24) is 0 Å². The van der Waals surface area contributed by atoms with Gasteiger partial charge in [0.1, 0.15) is 34.9 Å². The molecule has 8 aromatic rings. The van der Waals surface area contributed by atoms with Crippen LogP contribution < -0.4 is 18.9 Å². The number of alkyl halides is 2. The molecule has 0 aromatic heterocycles. The predicted molar refractivity (Wildman–Crippen MR) is 300 cm³/mol. The van der Waals surface area contributed by atoms with Crippen LogP contribution in [-0.4, -0.2) is 14.2 Å². The molecule has 9 heteroatoms. The number of rotatable bonds is 7. The van der Waals surface area contributed by atoms with Crippen molar-refractivity contribution in [3.8, 4) is 78.1 Å². The fourth-order valence-electron chi connectivity index (χ4n) is 6.74. The van der Waals surface area contributed by atoms with Crippen LogP contribution in [0.25, 0.3) is 0 Å². The number of terminal acetylenes is 3. The Bertz CT molecular complexity index is 3050. The third-order valence-electron chi connectivity index (χ3n) is 10.7. The molecule has 0 bridgehead atoms. The Hall–Kier alpha value is -9.23. The van der Waals surface area contributed by atoms with Gasteiger partial charge in [-0.25, -0.2) is 8.78 Å². The number of benzene rings is 8. The number of para-hydroxylation sites is 2. The zero-order valence-electron chi connectivity index (χ0n) is 42.5. The van der Waals surface area contributed by atoms with Crippen molar-refractivity contribution in [3.63, 3.8) is 0 Å². The summed E-state index contributed by atoms with van der Waals surface area (Å²) in [5.74, 6) is 5.64. The zero-order valence-corrected chi connectivity index (χ0v) is 43.3. The van der Waals surface area contributed by atoms with Crippen molar-refractivity contribution in [3.05, 3.63) is 257 Å². The zero-order chi connectivity index (χ0) is 54.6. The first kappa shape index (κ1) is 60.1. The second-order valence-corrected chi connectivity index (χ2v) is 16.6. The number of hydrogen-bond donors (Lipinski definition) is 0. The van der Waals surface area contributed by atoms with Gasteiger partial charge in [0.2, 0.25) is 0 Å². The molecule has 1 aliphatic carbocycles. The van der Waals surface area contributed by atoms with Gasteiger partial charge >= 0.3 is 0 Å². The van der Waals surface area contributed by atoms with Crippen LogP contribution in [-0.2, 0) is 11.3 Å². The summed E-state index contributed by atoms with van der Waals surface area (Å²) in [6.45, 7) is 2.96. The van der Waals surface area contributed by atoms with Crippen LogP contribution in [0.1, 0.15) is 66.0 Å². The second kappa shape index (κ2) is 34.2.